The number of nitrogens with zero attached hydrogens (tertiary/aromatic N) is 3. The summed E-state index contributed by atoms with van der Waals surface area (Å²) in [7, 11) is 1.63. The van der Waals surface area contributed by atoms with E-state index < -0.39 is 5.97 Å². The second kappa shape index (κ2) is 6.56. The average molecular weight is 279 g/mol. The summed E-state index contributed by atoms with van der Waals surface area (Å²) in [6.45, 7) is 4.95. The molecule has 2 heterocycles. The van der Waals surface area contributed by atoms with Gasteiger partial charge in [0.25, 0.3) is 0 Å². The van der Waals surface area contributed by atoms with Crippen molar-refractivity contribution in [2.45, 2.75) is 19.4 Å². The van der Waals surface area contributed by atoms with Gasteiger partial charge in [0, 0.05) is 38.4 Å². The highest BCUT2D eigenvalue weighted by molar-refractivity contribution is 5.73. The molecule has 0 spiro atoms. The lowest BCUT2D eigenvalue weighted by atomic mass is 10.1. The Balaban J connectivity index is 1.98. The van der Waals surface area contributed by atoms with Crippen molar-refractivity contribution in [2.75, 3.05) is 38.2 Å². The largest absolute Gasteiger partial charge is 0.497 e. The molecule has 1 fully saturated rings. The number of hydrogen-bond donors (Lipinski definition) is 1. The van der Waals surface area contributed by atoms with E-state index in [0.717, 1.165) is 37.7 Å². The summed E-state index contributed by atoms with van der Waals surface area (Å²) in [5.74, 6) is 0.933. The molecule has 1 atom stereocenters. The fourth-order valence-electron chi connectivity index (χ4n) is 2.55. The number of carboxylic acids is 1. The molecule has 6 heteroatoms. The van der Waals surface area contributed by atoms with Gasteiger partial charge in [-0.25, -0.2) is 4.98 Å². The van der Waals surface area contributed by atoms with E-state index in [9.17, 15) is 9.90 Å². The smallest absolute Gasteiger partial charge is 0.320 e. The molecule has 110 valence electrons. The van der Waals surface area contributed by atoms with Gasteiger partial charge < -0.3 is 14.7 Å². The average Bonchev–Trinajstić information content (AvgIpc) is 2.48. The van der Waals surface area contributed by atoms with Crippen molar-refractivity contribution in [3.63, 3.8) is 0 Å². The van der Waals surface area contributed by atoms with Crippen LogP contribution in [0.3, 0.4) is 0 Å². The van der Waals surface area contributed by atoms with Crippen LogP contribution in [0.2, 0.25) is 0 Å². The number of carboxylic acid groups (broad SMARTS) is 1. The Labute approximate surface area is 119 Å². The number of carbonyl (C=O) groups is 1. The first-order valence-electron chi connectivity index (χ1n) is 6.87. The van der Waals surface area contributed by atoms with E-state index in [1.165, 1.54) is 0 Å². The molecule has 1 aromatic heterocycles. The zero-order valence-electron chi connectivity index (χ0n) is 12.0. The summed E-state index contributed by atoms with van der Waals surface area (Å²) in [5, 5.41) is 9.19. The fourth-order valence-corrected chi connectivity index (χ4v) is 2.55. The van der Waals surface area contributed by atoms with Crippen LogP contribution in [0.5, 0.6) is 5.75 Å². The molecule has 1 saturated heterocycles. The van der Waals surface area contributed by atoms with Gasteiger partial charge >= 0.3 is 5.97 Å². The number of methoxy groups -OCH3 is 1. The zero-order valence-corrected chi connectivity index (χ0v) is 12.0. The van der Waals surface area contributed by atoms with Gasteiger partial charge in [-0.15, -0.1) is 0 Å². The molecule has 1 aliphatic rings. The molecule has 1 aliphatic heterocycles. The molecule has 1 aromatic rings. The highest BCUT2D eigenvalue weighted by Gasteiger charge is 2.27. The minimum absolute atomic E-state index is 0.379. The number of ether oxygens (including phenoxy) is 1. The lowest BCUT2D eigenvalue weighted by Gasteiger charge is -2.38. The standard InChI is InChI=1S/C14H21N3O3/c1-3-12(14(18)19)16-6-8-17(9-7-16)13-10-11(20-2)4-5-15-13/h4-5,10,12H,3,6-9H2,1-2H3,(H,18,19). The number of hydrogen-bond acceptors (Lipinski definition) is 5. The summed E-state index contributed by atoms with van der Waals surface area (Å²) in [6, 6.07) is 3.34. The number of aliphatic carboxylic acids is 1. The Hall–Kier alpha value is -1.82. The molecule has 0 bridgehead atoms. The molecule has 1 unspecified atom stereocenters. The van der Waals surface area contributed by atoms with E-state index in [1.54, 1.807) is 13.3 Å². The molecule has 0 saturated carbocycles. The Bertz CT molecular complexity index is 459. The highest BCUT2D eigenvalue weighted by Crippen LogP contribution is 2.20. The molecule has 0 aromatic carbocycles. The maximum absolute atomic E-state index is 11.2. The predicted molar refractivity (Wildman–Crippen MR) is 76.3 cm³/mol. The van der Waals surface area contributed by atoms with Crippen molar-refractivity contribution in [3.8, 4) is 5.75 Å². The minimum atomic E-state index is -0.736. The molecule has 0 aliphatic carbocycles. The van der Waals surface area contributed by atoms with Gasteiger partial charge in [0.05, 0.1) is 7.11 Å². The summed E-state index contributed by atoms with van der Waals surface area (Å²) in [4.78, 5) is 19.7. The van der Waals surface area contributed by atoms with E-state index in [0.29, 0.717) is 6.42 Å². The van der Waals surface area contributed by atoms with Crippen LogP contribution in [-0.2, 0) is 4.79 Å². The van der Waals surface area contributed by atoms with Crippen LogP contribution < -0.4 is 9.64 Å². The summed E-state index contributed by atoms with van der Waals surface area (Å²) >= 11 is 0. The Morgan fingerprint density at radius 3 is 2.70 bits per heavy atom. The van der Waals surface area contributed by atoms with Crippen LogP contribution in [-0.4, -0.2) is 60.3 Å². The summed E-state index contributed by atoms with van der Waals surface area (Å²) in [6.07, 6.45) is 2.36. The van der Waals surface area contributed by atoms with Crippen LogP contribution in [0.15, 0.2) is 18.3 Å². The molecule has 1 N–H and O–H groups in total. The third kappa shape index (κ3) is 3.19. The van der Waals surface area contributed by atoms with E-state index in [2.05, 4.69) is 9.88 Å². The third-order valence-corrected chi connectivity index (χ3v) is 3.70. The fraction of sp³-hybridized carbons (Fsp3) is 0.571. The molecule has 20 heavy (non-hydrogen) atoms. The van der Waals surface area contributed by atoms with Gasteiger partial charge in [-0.1, -0.05) is 6.92 Å². The monoisotopic (exact) mass is 279 g/mol. The Morgan fingerprint density at radius 1 is 1.45 bits per heavy atom. The molecule has 2 rings (SSSR count). The SMILES string of the molecule is CCC(C(=O)O)N1CCN(c2cc(OC)ccn2)CC1. The van der Waals surface area contributed by atoms with E-state index in [1.807, 2.05) is 24.0 Å². The zero-order chi connectivity index (χ0) is 14.5. The van der Waals surface area contributed by atoms with Crippen LogP contribution in [0.1, 0.15) is 13.3 Å². The highest BCUT2D eigenvalue weighted by atomic mass is 16.5. The number of aromatic nitrogens is 1. The maximum atomic E-state index is 11.2. The van der Waals surface area contributed by atoms with Crippen LogP contribution in [0.25, 0.3) is 0 Å². The number of anilines is 1. The normalized spacial score (nSPS) is 17.8. The van der Waals surface area contributed by atoms with Gasteiger partial charge in [0.2, 0.25) is 0 Å². The Kier molecular flexibility index (Phi) is 4.79. The van der Waals surface area contributed by atoms with Crippen LogP contribution in [0.4, 0.5) is 5.82 Å². The second-order valence-corrected chi connectivity index (χ2v) is 4.84. The first-order chi connectivity index (χ1) is 9.65. The van der Waals surface area contributed by atoms with Crippen molar-refractivity contribution in [1.29, 1.82) is 0 Å². The van der Waals surface area contributed by atoms with Gasteiger partial charge in [-0.3, -0.25) is 9.69 Å². The summed E-state index contributed by atoms with van der Waals surface area (Å²) in [5.41, 5.74) is 0. The number of rotatable bonds is 5. The van der Waals surface area contributed by atoms with Crippen LogP contribution >= 0.6 is 0 Å². The predicted octanol–water partition coefficient (Wildman–Crippen LogP) is 1.08. The van der Waals surface area contributed by atoms with Crippen molar-refractivity contribution in [3.05, 3.63) is 18.3 Å². The Morgan fingerprint density at radius 2 is 2.15 bits per heavy atom. The van der Waals surface area contributed by atoms with Crippen LogP contribution in [0, 0.1) is 0 Å². The summed E-state index contributed by atoms with van der Waals surface area (Å²) < 4.78 is 5.20. The quantitative estimate of drug-likeness (QED) is 0.870. The molecule has 0 radical (unpaired) electrons. The lowest BCUT2D eigenvalue weighted by molar-refractivity contribution is -0.143. The lowest BCUT2D eigenvalue weighted by Crippen LogP contribution is -2.52. The molecule has 0 amide bonds. The van der Waals surface area contributed by atoms with Crippen molar-refractivity contribution in [2.24, 2.45) is 0 Å². The molecular formula is C14H21N3O3. The van der Waals surface area contributed by atoms with Gasteiger partial charge in [-0.05, 0) is 12.5 Å². The number of pyridine rings is 1. The van der Waals surface area contributed by atoms with Gasteiger partial charge in [0.1, 0.15) is 17.6 Å². The van der Waals surface area contributed by atoms with E-state index in [-0.39, 0.29) is 6.04 Å². The van der Waals surface area contributed by atoms with Crippen molar-refractivity contribution >= 4 is 11.8 Å². The van der Waals surface area contributed by atoms with E-state index >= 15 is 0 Å². The first kappa shape index (κ1) is 14.6. The third-order valence-electron chi connectivity index (χ3n) is 3.70. The first-order valence-corrected chi connectivity index (χ1v) is 6.87. The maximum Gasteiger partial charge on any atom is 0.320 e. The molecule has 6 nitrogen and oxygen atoms in total. The number of piperazine rings is 1. The van der Waals surface area contributed by atoms with Crippen molar-refractivity contribution in [1.82, 2.24) is 9.88 Å². The van der Waals surface area contributed by atoms with Gasteiger partial charge in [-0.2, -0.15) is 0 Å². The van der Waals surface area contributed by atoms with E-state index in [4.69, 9.17) is 4.74 Å². The topological polar surface area (TPSA) is 65.9 Å². The molecular weight excluding hydrogens is 258 g/mol. The minimum Gasteiger partial charge on any atom is -0.497 e. The second-order valence-electron chi connectivity index (χ2n) is 4.84. The van der Waals surface area contributed by atoms with Crippen molar-refractivity contribution < 1.29 is 14.6 Å². The van der Waals surface area contributed by atoms with Gasteiger partial charge in [0.15, 0.2) is 0 Å².